The average molecular weight is 194 g/mol. The Morgan fingerprint density at radius 3 is 2.71 bits per heavy atom. The predicted octanol–water partition coefficient (Wildman–Crippen LogP) is 2.32. The van der Waals surface area contributed by atoms with Gasteiger partial charge in [-0.25, -0.2) is 0 Å². The monoisotopic (exact) mass is 194 g/mol. The van der Waals surface area contributed by atoms with Crippen molar-refractivity contribution in [2.75, 3.05) is 7.11 Å². The Morgan fingerprint density at radius 1 is 1.43 bits per heavy atom. The number of aliphatic hydroxyl groups excluding tert-OH is 1. The molecule has 0 spiro atoms. The molecular formula is C12H18O2. The maximum Gasteiger partial charge on any atom is 0.122 e. The lowest BCUT2D eigenvalue weighted by molar-refractivity contribution is 0.184. The predicted molar refractivity (Wildman–Crippen MR) is 57.7 cm³/mol. The van der Waals surface area contributed by atoms with Crippen LogP contribution in [0.3, 0.4) is 0 Å². The molecule has 1 atom stereocenters. The van der Waals surface area contributed by atoms with Gasteiger partial charge in [0, 0.05) is 0 Å². The Bertz CT molecular complexity index is 292. The normalized spacial score (nSPS) is 12.6. The Labute approximate surface area is 85.5 Å². The number of hydrogen-bond acceptors (Lipinski definition) is 2. The molecule has 0 aliphatic heterocycles. The van der Waals surface area contributed by atoms with Gasteiger partial charge >= 0.3 is 0 Å². The van der Waals surface area contributed by atoms with Gasteiger partial charge in [-0.15, -0.1) is 0 Å². The number of hydrogen-bond donors (Lipinski definition) is 1. The zero-order valence-electron chi connectivity index (χ0n) is 9.08. The summed E-state index contributed by atoms with van der Waals surface area (Å²) in [7, 11) is 1.68. The van der Waals surface area contributed by atoms with Crippen LogP contribution in [0.4, 0.5) is 0 Å². The topological polar surface area (TPSA) is 29.5 Å². The van der Waals surface area contributed by atoms with Crippen molar-refractivity contribution in [3.05, 3.63) is 29.3 Å². The molecule has 0 unspecified atom stereocenters. The van der Waals surface area contributed by atoms with E-state index in [1.165, 1.54) is 11.1 Å². The van der Waals surface area contributed by atoms with Gasteiger partial charge in [0.1, 0.15) is 5.75 Å². The second-order valence-corrected chi connectivity index (χ2v) is 3.70. The van der Waals surface area contributed by atoms with Crippen LogP contribution >= 0.6 is 0 Å². The third-order valence-electron chi connectivity index (χ3n) is 2.27. The molecule has 0 saturated carbocycles. The summed E-state index contributed by atoms with van der Waals surface area (Å²) in [6, 6.07) is 6.12. The third-order valence-corrected chi connectivity index (χ3v) is 2.27. The fourth-order valence-corrected chi connectivity index (χ4v) is 1.47. The summed E-state index contributed by atoms with van der Waals surface area (Å²) in [4.78, 5) is 0. The van der Waals surface area contributed by atoms with Gasteiger partial charge in [0.25, 0.3) is 0 Å². The Kier molecular flexibility index (Phi) is 3.96. The fourth-order valence-electron chi connectivity index (χ4n) is 1.47. The number of aryl methyl sites for hydroxylation is 2. The number of benzene rings is 1. The van der Waals surface area contributed by atoms with E-state index < -0.39 is 0 Å². The number of rotatable bonds is 4. The van der Waals surface area contributed by atoms with Crippen LogP contribution in [0, 0.1) is 6.92 Å². The van der Waals surface area contributed by atoms with Crippen LogP contribution in [-0.4, -0.2) is 18.3 Å². The molecule has 0 aromatic heterocycles. The highest BCUT2D eigenvalue weighted by molar-refractivity contribution is 5.36. The first-order valence-corrected chi connectivity index (χ1v) is 4.95. The van der Waals surface area contributed by atoms with Crippen LogP contribution in [0.2, 0.25) is 0 Å². The Morgan fingerprint density at radius 2 is 2.14 bits per heavy atom. The summed E-state index contributed by atoms with van der Waals surface area (Å²) >= 11 is 0. The zero-order chi connectivity index (χ0) is 10.6. The first kappa shape index (κ1) is 11.1. The summed E-state index contributed by atoms with van der Waals surface area (Å²) in [5, 5.41) is 9.21. The molecule has 0 aliphatic carbocycles. The molecule has 78 valence electrons. The van der Waals surface area contributed by atoms with Crippen molar-refractivity contribution in [3.63, 3.8) is 0 Å². The van der Waals surface area contributed by atoms with Gasteiger partial charge in [-0.1, -0.05) is 17.7 Å². The van der Waals surface area contributed by atoms with Gasteiger partial charge in [0.05, 0.1) is 13.2 Å². The number of ether oxygens (including phenoxy) is 1. The van der Waals surface area contributed by atoms with Gasteiger partial charge in [-0.3, -0.25) is 0 Å². The first-order valence-electron chi connectivity index (χ1n) is 4.95. The van der Waals surface area contributed by atoms with Gasteiger partial charge in [-0.2, -0.15) is 0 Å². The average Bonchev–Trinajstić information content (AvgIpc) is 2.15. The van der Waals surface area contributed by atoms with Crippen molar-refractivity contribution in [3.8, 4) is 5.75 Å². The number of methoxy groups -OCH3 is 1. The second-order valence-electron chi connectivity index (χ2n) is 3.70. The molecule has 2 heteroatoms. The van der Waals surface area contributed by atoms with Gasteiger partial charge in [0.2, 0.25) is 0 Å². The van der Waals surface area contributed by atoms with E-state index in [4.69, 9.17) is 4.74 Å². The minimum atomic E-state index is -0.250. The van der Waals surface area contributed by atoms with Crippen LogP contribution in [-0.2, 0) is 6.42 Å². The van der Waals surface area contributed by atoms with Gasteiger partial charge in [-0.05, 0) is 38.3 Å². The smallest absolute Gasteiger partial charge is 0.122 e. The van der Waals surface area contributed by atoms with E-state index in [1.54, 1.807) is 7.11 Å². The van der Waals surface area contributed by atoms with Gasteiger partial charge < -0.3 is 9.84 Å². The standard InChI is InChI=1S/C12H18O2/c1-9-4-7-12(14-3)11(8-9)6-5-10(2)13/h4,7-8,10,13H,5-6H2,1-3H3/t10-/m1/s1. The van der Waals surface area contributed by atoms with Crippen molar-refractivity contribution in [2.24, 2.45) is 0 Å². The van der Waals surface area contributed by atoms with E-state index in [9.17, 15) is 5.11 Å². The van der Waals surface area contributed by atoms with Crippen molar-refractivity contribution < 1.29 is 9.84 Å². The minimum Gasteiger partial charge on any atom is -0.496 e. The maximum atomic E-state index is 9.21. The van der Waals surface area contributed by atoms with E-state index in [-0.39, 0.29) is 6.10 Å². The van der Waals surface area contributed by atoms with Gasteiger partial charge in [0.15, 0.2) is 0 Å². The lowest BCUT2D eigenvalue weighted by Crippen LogP contribution is -2.02. The molecular weight excluding hydrogens is 176 g/mol. The van der Waals surface area contributed by atoms with E-state index in [1.807, 2.05) is 19.1 Å². The largest absolute Gasteiger partial charge is 0.496 e. The van der Waals surface area contributed by atoms with E-state index in [2.05, 4.69) is 13.0 Å². The Balaban J connectivity index is 2.77. The van der Waals surface area contributed by atoms with Crippen molar-refractivity contribution in [1.82, 2.24) is 0 Å². The SMILES string of the molecule is COc1ccc(C)cc1CC[C@@H](C)O. The molecule has 0 heterocycles. The highest BCUT2D eigenvalue weighted by atomic mass is 16.5. The molecule has 2 nitrogen and oxygen atoms in total. The van der Waals surface area contributed by atoms with Crippen LogP contribution in [0.1, 0.15) is 24.5 Å². The zero-order valence-corrected chi connectivity index (χ0v) is 9.08. The third kappa shape index (κ3) is 3.04. The molecule has 0 fully saturated rings. The minimum absolute atomic E-state index is 0.250. The highest BCUT2D eigenvalue weighted by Gasteiger charge is 2.04. The summed E-state index contributed by atoms with van der Waals surface area (Å²) < 4.78 is 5.25. The molecule has 0 saturated heterocycles. The van der Waals surface area contributed by atoms with Crippen LogP contribution < -0.4 is 4.74 Å². The second kappa shape index (κ2) is 5.01. The highest BCUT2D eigenvalue weighted by Crippen LogP contribution is 2.21. The van der Waals surface area contributed by atoms with Crippen LogP contribution in [0.25, 0.3) is 0 Å². The molecule has 0 radical (unpaired) electrons. The summed E-state index contributed by atoms with van der Waals surface area (Å²) in [5.74, 6) is 0.913. The van der Waals surface area contributed by atoms with Crippen molar-refractivity contribution >= 4 is 0 Å². The molecule has 1 N–H and O–H groups in total. The molecule has 1 rings (SSSR count). The molecule has 14 heavy (non-hydrogen) atoms. The molecule has 1 aromatic carbocycles. The molecule has 0 amide bonds. The molecule has 1 aromatic rings. The number of aliphatic hydroxyl groups is 1. The van der Waals surface area contributed by atoms with Crippen LogP contribution in [0.5, 0.6) is 5.75 Å². The summed E-state index contributed by atoms with van der Waals surface area (Å²) in [6.45, 7) is 3.87. The first-order chi connectivity index (χ1) is 6.63. The maximum absolute atomic E-state index is 9.21. The van der Waals surface area contributed by atoms with E-state index in [0.29, 0.717) is 0 Å². The lowest BCUT2D eigenvalue weighted by atomic mass is 10.0. The lowest BCUT2D eigenvalue weighted by Gasteiger charge is -2.10. The molecule has 0 aliphatic rings. The van der Waals surface area contributed by atoms with Crippen molar-refractivity contribution in [1.29, 1.82) is 0 Å². The fraction of sp³-hybridized carbons (Fsp3) is 0.500. The summed E-state index contributed by atoms with van der Waals surface area (Å²) in [5.41, 5.74) is 2.40. The van der Waals surface area contributed by atoms with Crippen LogP contribution in [0.15, 0.2) is 18.2 Å². The molecule has 0 bridgehead atoms. The Hall–Kier alpha value is -1.02. The quantitative estimate of drug-likeness (QED) is 0.797. The van der Waals surface area contributed by atoms with E-state index in [0.717, 1.165) is 18.6 Å². The summed E-state index contributed by atoms with van der Waals surface area (Å²) in [6.07, 6.45) is 1.39. The van der Waals surface area contributed by atoms with Crippen molar-refractivity contribution in [2.45, 2.75) is 32.8 Å². The van der Waals surface area contributed by atoms with E-state index >= 15 is 0 Å².